The zero-order valence-corrected chi connectivity index (χ0v) is 6.53. The van der Waals surface area contributed by atoms with Gasteiger partial charge in [-0.25, -0.2) is 4.98 Å². The van der Waals surface area contributed by atoms with Crippen molar-refractivity contribution in [2.24, 2.45) is 0 Å². The lowest BCUT2D eigenvalue weighted by Gasteiger charge is -1.91. The third-order valence-corrected chi connectivity index (χ3v) is 1.25. The van der Waals surface area contributed by atoms with Crippen molar-refractivity contribution in [3.63, 3.8) is 0 Å². The van der Waals surface area contributed by atoms with Crippen LogP contribution in [0.3, 0.4) is 0 Å². The highest BCUT2D eigenvalue weighted by Crippen LogP contribution is 1.88. The molecule has 0 aliphatic carbocycles. The van der Waals surface area contributed by atoms with Gasteiger partial charge in [0.2, 0.25) is 5.24 Å². The van der Waals surface area contributed by atoms with Crippen molar-refractivity contribution in [3.8, 4) is 0 Å². The van der Waals surface area contributed by atoms with E-state index in [4.69, 9.17) is 11.6 Å². The molecule has 0 N–H and O–H groups in total. The maximum atomic E-state index is 10.2. The molecule has 0 atom stereocenters. The van der Waals surface area contributed by atoms with E-state index in [0.717, 1.165) is 0 Å². The van der Waals surface area contributed by atoms with E-state index in [-0.39, 0.29) is 0 Å². The Morgan fingerprint density at radius 2 is 2.55 bits per heavy atom. The van der Waals surface area contributed by atoms with E-state index in [9.17, 15) is 4.79 Å². The van der Waals surface area contributed by atoms with Crippen LogP contribution in [0, 0.1) is 0 Å². The first kappa shape index (κ1) is 8.01. The minimum atomic E-state index is -0.454. The van der Waals surface area contributed by atoms with Gasteiger partial charge in [-0.3, -0.25) is 4.79 Å². The van der Waals surface area contributed by atoms with Gasteiger partial charge in [0.05, 0.1) is 6.33 Å². The topological polar surface area (TPSA) is 34.9 Å². The highest BCUT2D eigenvalue weighted by Gasteiger charge is 1.86. The van der Waals surface area contributed by atoms with Crippen LogP contribution in [-0.4, -0.2) is 14.8 Å². The summed E-state index contributed by atoms with van der Waals surface area (Å²) in [6, 6.07) is 0. The summed E-state index contributed by atoms with van der Waals surface area (Å²) < 4.78 is 1.83. The van der Waals surface area contributed by atoms with Gasteiger partial charge in [-0.15, -0.1) is 0 Å². The van der Waals surface area contributed by atoms with Crippen LogP contribution < -0.4 is 0 Å². The molecule has 1 aromatic rings. The lowest BCUT2D eigenvalue weighted by Crippen LogP contribution is -1.90. The average Bonchev–Trinajstić information content (AvgIpc) is 2.39. The number of allylic oxidation sites excluding steroid dienone is 2. The quantitative estimate of drug-likeness (QED) is 0.505. The number of aromatic nitrogens is 2. The second kappa shape index (κ2) is 3.93. The van der Waals surface area contributed by atoms with Crippen LogP contribution in [0.1, 0.15) is 0 Å². The number of nitrogens with zero attached hydrogens (tertiary/aromatic N) is 2. The Kier molecular flexibility index (Phi) is 2.86. The predicted molar refractivity (Wildman–Crippen MR) is 42.2 cm³/mol. The molecule has 0 aromatic carbocycles. The Hall–Kier alpha value is -1.09. The molecule has 0 saturated carbocycles. The molecule has 3 nitrogen and oxygen atoms in total. The summed E-state index contributed by atoms with van der Waals surface area (Å²) in [5.41, 5.74) is 0. The smallest absolute Gasteiger partial charge is 0.244 e. The molecular weight excluding hydrogens is 164 g/mol. The molecule has 0 bridgehead atoms. The molecule has 1 heterocycles. The fourth-order valence-corrected chi connectivity index (χ4v) is 0.751. The van der Waals surface area contributed by atoms with E-state index in [2.05, 4.69) is 4.98 Å². The molecule has 0 unspecified atom stereocenters. The Bertz CT molecular complexity index is 253. The molecule has 11 heavy (non-hydrogen) atoms. The number of hydrogen-bond donors (Lipinski definition) is 0. The summed E-state index contributed by atoms with van der Waals surface area (Å²) in [5.74, 6) is 0. The summed E-state index contributed by atoms with van der Waals surface area (Å²) in [5, 5.41) is -0.454. The molecule has 0 amide bonds. The Balaban J connectivity index is 2.40. The van der Waals surface area contributed by atoms with Crippen LogP contribution in [0.4, 0.5) is 0 Å². The molecule has 0 aliphatic heterocycles. The maximum Gasteiger partial charge on any atom is 0.244 e. The monoisotopic (exact) mass is 170 g/mol. The van der Waals surface area contributed by atoms with Crippen LogP contribution in [0.5, 0.6) is 0 Å². The number of halogens is 1. The van der Waals surface area contributed by atoms with Crippen LogP contribution in [0.25, 0.3) is 0 Å². The van der Waals surface area contributed by atoms with Crippen molar-refractivity contribution in [2.75, 3.05) is 0 Å². The molecule has 0 spiro atoms. The van der Waals surface area contributed by atoms with Gasteiger partial charge in [0.1, 0.15) is 0 Å². The Morgan fingerprint density at radius 1 is 1.73 bits per heavy atom. The largest absolute Gasteiger partial charge is 0.334 e. The fourth-order valence-electron chi connectivity index (χ4n) is 0.662. The van der Waals surface area contributed by atoms with Crippen molar-refractivity contribution in [1.82, 2.24) is 9.55 Å². The van der Waals surface area contributed by atoms with Gasteiger partial charge in [-0.1, -0.05) is 6.08 Å². The van der Waals surface area contributed by atoms with E-state index in [1.165, 1.54) is 6.08 Å². The van der Waals surface area contributed by atoms with Crippen LogP contribution >= 0.6 is 11.6 Å². The fraction of sp³-hybridized carbons (Fsp3) is 0.143. The lowest BCUT2D eigenvalue weighted by molar-refractivity contribution is -0.107. The van der Waals surface area contributed by atoms with Gasteiger partial charge in [0, 0.05) is 18.9 Å². The molecule has 1 aromatic heterocycles. The van der Waals surface area contributed by atoms with Gasteiger partial charge in [0.15, 0.2) is 0 Å². The second-order valence-electron chi connectivity index (χ2n) is 1.97. The number of hydrogen-bond acceptors (Lipinski definition) is 2. The minimum absolute atomic E-state index is 0.454. The first-order valence-corrected chi connectivity index (χ1v) is 3.48. The summed E-state index contributed by atoms with van der Waals surface area (Å²) in [6.45, 7) is 0.623. The summed E-state index contributed by atoms with van der Waals surface area (Å²) in [7, 11) is 0. The van der Waals surface area contributed by atoms with Crippen molar-refractivity contribution in [1.29, 1.82) is 0 Å². The molecule has 58 valence electrons. The normalized spacial score (nSPS) is 10.6. The number of carbonyl (C=O) groups is 1. The second-order valence-corrected chi connectivity index (χ2v) is 2.34. The molecule has 0 radical (unpaired) electrons. The van der Waals surface area contributed by atoms with Gasteiger partial charge in [-0.2, -0.15) is 0 Å². The van der Waals surface area contributed by atoms with E-state index >= 15 is 0 Å². The first-order valence-electron chi connectivity index (χ1n) is 3.11. The van der Waals surface area contributed by atoms with Crippen LogP contribution in [0.2, 0.25) is 0 Å². The standard InChI is InChI=1S/C7H7ClN2O/c8-7(11)2-1-4-10-5-3-9-6-10/h1-3,5-6H,4H2. The zero-order chi connectivity index (χ0) is 8.10. The third kappa shape index (κ3) is 3.00. The SMILES string of the molecule is O=C(Cl)C=CCn1ccnc1. The summed E-state index contributed by atoms with van der Waals surface area (Å²) in [6.07, 6.45) is 8.15. The van der Waals surface area contributed by atoms with Gasteiger partial charge in [-0.05, 0) is 17.7 Å². The van der Waals surface area contributed by atoms with Crippen LogP contribution in [0.15, 0.2) is 30.9 Å². The summed E-state index contributed by atoms with van der Waals surface area (Å²) >= 11 is 5.07. The van der Waals surface area contributed by atoms with E-state index in [0.29, 0.717) is 6.54 Å². The van der Waals surface area contributed by atoms with Crippen molar-refractivity contribution < 1.29 is 4.79 Å². The van der Waals surface area contributed by atoms with Crippen molar-refractivity contribution >= 4 is 16.8 Å². The lowest BCUT2D eigenvalue weighted by atomic mass is 10.5. The van der Waals surface area contributed by atoms with Crippen molar-refractivity contribution in [3.05, 3.63) is 30.9 Å². The molecule has 1 rings (SSSR count). The van der Waals surface area contributed by atoms with E-state index in [1.807, 2.05) is 10.8 Å². The minimum Gasteiger partial charge on any atom is -0.334 e. The van der Waals surface area contributed by atoms with E-state index in [1.54, 1.807) is 18.6 Å². The molecule has 0 aliphatic rings. The molecule has 0 fully saturated rings. The average molecular weight is 171 g/mol. The third-order valence-electron chi connectivity index (χ3n) is 1.12. The molecule has 4 heteroatoms. The first-order chi connectivity index (χ1) is 5.29. The highest BCUT2D eigenvalue weighted by molar-refractivity contribution is 6.66. The maximum absolute atomic E-state index is 10.2. The Labute approximate surface area is 69.3 Å². The molecule has 0 saturated heterocycles. The number of carbonyl (C=O) groups excluding carboxylic acids is 1. The number of imidazole rings is 1. The van der Waals surface area contributed by atoms with E-state index < -0.39 is 5.24 Å². The summed E-state index contributed by atoms with van der Waals surface area (Å²) in [4.78, 5) is 14.1. The highest BCUT2D eigenvalue weighted by atomic mass is 35.5. The predicted octanol–water partition coefficient (Wildman–Crippen LogP) is 1.20. The van der Waals surface area contributed by atoms with Gasteiger partial charge < -0.3 is 4.57 Å². The Morgan fingerprint density at radius 3 is 3.09 bits per heavy atom. The number of rotatable bonds is 3. The van der Waals surface area contributed by atoms with Gasteiger partial charge >= 0.3 is 0 Å². The molecular formula is C7H7ClN2O. The zero-order valence-electron chi connectivity index (χ0n) is 5.77. The van der Waals surface area contributed by atoms with Crippen LogP contribution in [-0.2, 0) is 11.3 Å². The van der Waals surface area contributed by atoms with Gasteiger partial charge in [0.25, 0.3) is 0 Å². The van der Waals surface area contributed by atoms with Crippen molar-refractivity contribution in [2.45, 2.75) is 6.54 Å².